The van der Waals surface area contributed by atoms with Crippen LogP contribution in [0, 0.1) is 11.7 Å². The van der Waals surface area contributed by atoms with Crippen LogP contribution >= 0.6 is 0 Å². The van der Waals surface area contributed by atoms with Gasteiger partial charge >= 0.3 is 0 Å². The fourth-order valence-corrected chi connectivity index (χ4v) is 2.93. The van der Waals surface area contributed by atoms with E-state index in [1.807, 2.05) is 7.05 Å². The van der Waals surface area contributed by atoms with Gasteiger partial charge < -0.3 is 14.5 Å². The number of rotatable bonds is 4. The monoisotopic (exact) mass is 323 g/mol. The van der Waals surface area contributed by atoms with Crippen LogP contribution in [0.1, 0.15) is 5.56 Å². The second kappa shape index (κ2) is 7.75. The molecular weight excluding hydrogens is 297 g/mol. The molecule has 1 aliphatic rings. The summed E-state index contributed by atoms with van der Waals surface area (Å²) in [6.07, 6.45) is 0. The van der Waals surface area contributed by atoms with Gasteiger partial charge in [0.05, 0.1) is 13.0 Å². The molecule has 1 aromatic rings. The number of benzene rings is 1. The van der Waals surface area contributed by atoms with Gasteiger partial charge in [-0.25, -0.2) is 4.39 Å². The summed E-state index contributed by atoms with van der Waals surface area (Å²) in [6, 6.07) is 4.93. The second-order valence-electron chi connectivity index (χ2n) is 6.38. The van der Waals surface area contributed by atoms with Crippen molar-refractivity contribution >= 4 is 5.91 Å². The molecule has 1 aliphatic heterocycles. The van der Waals surface area contributed by atoms with Gasteiger partial charge in [0.25, 0.3) is 0 Å². The fourth-order valence-electron chi connectivity index (χ4n) is 2.93. The molecule has 23 heavy (non-hydrogen) atoms. The first-order valence-electron chi connectivity index (χ1n) is 7.85. The minimum Gasteiger partial charge on any atom is -0.497 e. The van der Waals surface area contributed by atoms with Crippen LogP contribution in [0.25, 0.3) is 0 Å². The van der Waals surface area contributed by atoms with Crippen LogP contribution in [-0.2, 0) is 11.3 Å². The van der Waals surface area contributed by atoms with Crippen LogP contribution in [0.3, 0.4) is 0 Å². The van der Waals surface area contributed by atoms with E-state index in [1.165, 1.54) is 13.2 Å². The molecule has 6 heteroatoms. The molecule has 1 atom stereocenters. The Morgan fingerprint density at radius 2 is 2.09 bits per heavy atom. The Kier molecular flexibility index (Phi) is 5.96. The van der Waals surface area contributed by atoms with Crippen molar-refractivity contribution in [1.82, 2.24) is 14.7 Å². The molecule has 1 heterocycles. The van der Waals surface area contributed by atoms with Crippen molar-refractivity contribution in [2.24, 2.45) is 5.92 Å². The Hall–Kier alpha value is -1.66. The number of likely N-dealkylation sites (N-methyl/N-ethyl adjacent to an activating group) is 1. The Balaban J connectivity index is 2.10. The lowest BCUT2D eigenvalue weighted by Crippen LogP contribution is -2.40. The van der Waals surface area contributed by atoms with Gasteiger partial charge in [-0.3, -0.25) is 9.69 Å². The highest BCUT2D eigenvalue weighted by Crippen LogP contribution is 2.19. The summed E-state index contributed by atoms with van der Waals surface area (Å²) in [5.74, 6) is 0.290. The third kappa shape index (κ3) is 4.65. The molecule has 5 nitrogen and oxygen atoms in total. The summed E-state index contributed by atoms with van der Waals surface area (Å²) in [7, 11) is 7.10. The minimum atomic E-state index is -0.266. The molecule has 1 saturated heterocycles. The molecule has 0 bridgehead atoms. The summed E-state index contributed by atoms with van der Waals surface area (Å²) < 4.78 is 19.2. The molecule has 0 aromatic heterocycles. The summed E-state index contributed by atoms with van der Waals surface area (Å²) in [5.41, 5.74) is 0.631. The highest BCUT2D eigenvalue weighted by molar-refractivity contribution is 5.78. The van der Waals surface area contributed by atoms with Crippen LogP contribution in [-0.4, -0.2) is 75.0 Å². The predicted octanol–water partition coefficient (Wildman–Crippen LogP) is 1.29. The van der Waals surface area contributed by atoms with Crippen molar-refractivity contribution in [3.05, 3.63) is 29.6 Å². The van der Waals surface area contributed by atoms with Crippen molar-refractivity contribution in [2.75, 3.05) is 54.4 Å². The second-order valence-corrected chi connectivity index (χ2v) is 6.38. The zero-order valence-electron chi connectivity index (χ0n) is 14.4. The number of carbonyl (C=O) groups is 1. The maximum atomic E-state index is 14.2. The molecule has 1 aromatic carbocycles. The summed E-state index contributed by atoms with van der Waals surface area (Å²) in [6.45, 7) is 3.57. The van der Waals surface area contributed by atoms with Gasteiger partial charge in [0.1, 0.15) is 11.6 Å². The average Bonchev–Trinajstić information content (AvgIpc) is 2.70. The van der Waals surface area contributed by atoms with Gasteiger partial charge in [0.15, 0.2) is 0 Å². The number of hydrogen-bond acceptors (Lipinski definition) is 4. The summed E-state index contributed by atoms with van der Waals surface area (Å²) in [4.78, 5) is 18.3. The smallest absolute Gasteiger partial charge is 0.227 e. The molecule has 0 saturated carbocycles. The third-order valence-corrected chi connectivity index (χ3v) is 4.25. The topological polar surface area (TPSA) is 36.0 Å². The quantitative estimate of drug-likeness (QED) is 0.836. The number of carbonyl (C=O) groups excluding carboxylic acids is 1. The van der Waals surface area contributed by atoms with Crippen molar-refractivity contribution < 1.29 is 13.9 Å². The highest BCUT2D eigenvalue weighted by Gasteiger charge is 2.27. The zero-order chi connectivity index (χ0) is 17.0. The number of methoxy groups -OCH3 is 1. The van der Waals surface area contributed by atoms with E-state index >= 15 is 0 Å². The normalized spacial score (nSPS) is 20.1. The van der Waals surface area contributed by atoms with Crippen molar-refractivity contribution in [1.29, 1.82) is 0 Å². The molecule has 0 radical (unpaired) electrons. The number of nitrogens with zero attached hydrogens (tertiary/aromatic N) is 3. The van der Waals surface area contributed by atoms with E-state index in [9.17, 15) is 9.18 Å². The van der Waals surface area contributed by atoms with E-state index < -0.39 is 0 Å². The van der Waals surface area contributed by atoms with Crippen LogP contribution in [0.5, 0.6) is 5.75 Å². The maximum absolute atomic E-state index is 14.2. The molecule has 2 rings (SSSR count). The van der Waals surface area contributed by atoms with Crippen molar-refractivity contribution in [3.63, 3.8) is 0 Å². The summed E-state index contributed by atoms with van der Waals surface area (Å²) >= 11 is 0. The van der Waals surface area contributed by atoms with Crippen LogP contribution < -0.4 is 4.74 Å². The molecule has 128 valence electrons. The largest absolute Gasteiger partial charge is 0.497 e. The van der Waals surface area contributed by atoms with Gasteiger partial charge in [0.2, 0.25) is 5.91 Å². The predicted molar refractivity (Wildman–Crippen MR) is 87.9 cm³/mol. The van der Waals surface area contributed by atoms with Gasteiger partial charge in [-0.15, -0.1) is 0 Å². The lowest BCUT2D eigenvalue weighted by Gasteiger charge is -2.25. The number of halogens is 1. The lowest BCUT2D eigenvalue weighted by atomic mass is 10.1. The van der Waals surface area contributed by atoms with Gasteiger partial charge in [-0.05, 0) is 13.1 Å². The van der Waals surface area contributed by atoms with E-state index in [0.29, 0.717) is 24.4 Å². The zero-order valence-corrected chi connectivity index (χ0v) is 14.4. The first-order chi connectivity index (χ1) is 10.9. The molecule has 0 unspecified atom stereocenters. The first-order valence-corrected chi connectivity index (χ1v) is 7.85. The number of ether oxygens (including phenoxy) is 1. The molecule has 1 amide bonds. The number of hydrogen-bond donors (Lipinski definition) is 0. The van der Waals surface area contributed by atoms with Crippen LogP contribution in [0.2, 0.25) is 0 Å². The standard InChI is InChI=1S/C17H26FN3O2/c1-19(2)17(22)14-10-20(3)7-8-21(12-14)11-13-5-6-15(23-4)9-16(13)18/h5-6,9,14H,7-8,10-12H2,1-4H3/t14-/m1/s1. The van der Waals surface area contributed by atoms with Crippen LogP contribution in [0.15, 0.2) is 18.2 Å². The lowest BCUT2D eigenvalue weighted by molar-refractivity contribution is -0.133. The van der Waals surface area contributed by atoms with E-state index in [1.54, 1.807) is 31.1 Å². The highest BCUT2D eigenvalue weighted by atomic mass is 19.1. The molecule has 0 spiro atoms. The third-order valence-electron chi connectivity index (χ3n) is 4.25. The SMILES string of the molecule is COc1ccc(CN2CCN(C)C[C@@H](C(=O)N(C)C)C2)c(F)c1. The van der Waals surface area contributed by atoms with E-state index in [-0.39, 0.29) is 17.6 Å². The van der Waals surface area contributed by atoms with E-state index in [2.05, 4.69) is 9.80 Å². The maximum Gasteiger partial charge on any atom is 0.227 e. The molecular formula is C17H26FN3O2. The van der Waals surface area contributed by atoms with Crippen LogP contribution in [0.4, 0.5) is 4.39 Å². The van der Waals surface area contributed by atoms with Gasteiger partial charge in [-0.1, -0.05) is 6.07 Å². The van der Waals surface area contributed by atoms with E-state index in [4.69, 9.17) is 4.74 Å². The Labute approximate surface area is 137 Å². The van der Waals surface area contributed by atoms with Crippen molar-refractivity contribution in [2.45, 2.75) is 6.54 Å². The fraction of sp³-hybridized carbons (Fsp3) is 0.588. The van der Waals surface area contributed by atoms with E-state index in [0.717, 1.165) is 19.6 Å². The Morgan fingerprint density at radius 1 is 1.35 bits per heavy atom. The Morgan fingerprint density at radius 3 is 2.70 bits per heavy atom. The first kappa shape index (κ1) is 17.7. The molecule has 0 aliphatic carbocycles. The average molecular weight is 323 g/mol. The Bertz CT molecular complexity index is 551. The van der Waals surface area contributed by atoms with Gasteiger partial charge in [-0.2, -0.15) is 0 Å². The van der Waals surface area contributed by atoms with Crippen molar-refractivity contribution in [3.8, 4) is 5.75 Å². The minimum absolute atomic E-state index is 0.0844. The number of amides is 1. The molecule has 1 fully saturated rings. The van der Waals surface area contributed by atoms with Gasteiger partial charge in [0, 0.05) is 58.4 Å². The molecule has 0 N–H and O–H groups in total. The summed E-state index contributed by atoms with van der Waals surface area (Å²) in [5, 5.41) is 0.